The van der Waals surface area contributed by atoms with Gasteiger partial charge in [-0.15, -0.1) is 0 Å². The second-order valence-electron chi connectivity index (χ2n) is 7.74. The summed E-state index contributed by atoms with van der Waals surface area (Å²) in [5.41, 5.74) is 2.34. The molecular formula is C21H31N3O2. The monoisotopic (exact) mass is 357 g/mol. The normalized spacial score (nSPS) is 21.5. The molecule has 0 spiro atoms. The number of likely N-dealkylation sites (tertiary alicyclic amines) is 2. The minimum atomic E-state index is -0.168. The molecule has 2 saturated heterocycles. The maximum Gasteiger partial charge on any atom is 0.227 e. The number of hydrogen-bond acceptors (Lipinski definition) is 3. The predicted molar refractivity (Wildman–Crippen MR) is 103 cm³/mol. The molecule has 0 aromatic heterocycles. The van der Waals surface area contributed by atoms with E-state index in [-0.39, 0.29) is 17.7 Å². The Bertz CT molecular complexity index is 621. The van der Waals surface area contributed by atoms with E-state index in [1.54, 1.807) is 0 Å². The summed E-state index contributed by atoms with van der Waals surface area (Å²) in [5.74, 6) is 0.776. The first kappa shape index (κ1) is 18.9. The number of rotatable bonds is 6. The van der Waals surface area contributed by atoms with Gasteiger partial charge in [-0.2, -0.15) is 0 Å². The van der Waals surface area contributed by atoms with E-state index in [9.17, 15) is 9.59 Å². The Morgan fingerprint density at radius 2 is 1.88 bits per heavy atom. The van der Waals surface area contributed by atoms with Gasteiger partial charge >= 0.3 is 0 Å². The Hall–Kier alpha value is -1.88. The minimum absolute atomic E-state index is 0.103. The summed E-state index contributed by atoms with van der Waals surface area (Å²) in [6.07, 6.45) is 2.49. The van der Waals surface area contributed by atoms with Crippen molar-refractivity contribution in [3.63, 3.8) is 0 Å². The first-order valence-corrected chi connectivity index (χ1v) is 9.89. The molecule has 3 rings (SSSR count). The zero-order valence-corrected chi connectivity index (χ0v) is 16.0. The molecule has 5 heteroatoms. The van der Waals surface area contributed by atoms with E-state index < -0.39 is 0 Å². The van der Waals surface area contributed by atoms with Gasteiger partial charge in [0.25, 0.3) is 0 Å². The molecule has 2 fully saturated rings. The molecule has 0 aliphatic carbocycles. The standard InChI is InChI=1S/C21H31N3O2/c1-3-22-13-17-8-10-23(11-9-17)21(26)19-12-20(25)24(15-19)14-18-6-4-16(2)5-7-18/h4-7,17,19,22H,3,8-15H2,1-2H3. The Kier molecular flexibility index (Phi) is 6.30. The number of carbonyl (C=O) groups excluding carboxylic acids is 2. The zero-order chi connectivity index (χ0) is 18.5. The minimum Gasteiger partial charge on any atom is -0.342 e. The van der Waals surface area contributed by atoms with Gasteiger partial charge in [-0.3, -0.25) is 9.59 Å². The van der Waals surface area contributed by atoms with E-state index in [0.717, 1.165) is 44.6 Å². The van der Waals surface area contributed by atoms with E-state index in [1.807, 2.05) is 9.80 Å². The largest absolute Gasteiger partial charge is 0.342 e. The molecule has 2 aliphatic heterocycles. The van der Waals surface area contributed by atoms with Gasteiger partial charge in [-0.25, -0.2) is 0 Å². The van der Waals surface area contributed by atoms with Crippen molar-refractivity contribution in [3.05, 3.63) is 35.4 Å². The summed E-state index contributed by atoms with van der Waals surface area (Å²) in [7, 11) is 0. The Balaban J connectivity index is 1.50. The highest BCUT2D eigenvalue weighted by Crippen LogP contribution is 2.25. The van der Waals surface area contributed by atoms with Gasteiger partial charge < -0.3 is 15.1 Å². The van der Waals surface area contributed by atoms with Crippen molar-refractivity contribution >= 4 is 11.8 Å². The smallest absolute Gasteiger partial charge is 0.227 e. The summed E-state index contributed by atoms with van der Waals surface area (Å²) >= 11 is 0. The average molecular weight is 357 g/mol. The number of amides is 2. The van der Waals surface area contributed by atoms with Crippen molar-refractivity contribution in [2.45, 2.75) is 39.7 Å². The number of nitrogens with one attached hydrogen (secondary N) is 1. The van der Waals surface area contributed by atoms with E-state index in [2.05, 4.69) is 43.4 Å². The number of carbonyl (C=O) groups is 2. The molecular weight excluding hydrogens is 326 g/mol. The quantitative estimate of drug-likeness (QED) is 0.849. The topological polar surface area (TPSA) is 52.7 Å². The molecule has 1 aromatic carbocycles. The maximum absolute atomic E-state index is 12.8. The molecule has 1 aromatic rings. The average Bonchev–Trinajstić information content (AvgIpc) is 3.02. The number of hydrogen-bond donors (Lipinski definition) is 1. The van der Waals surface area contributed by atoms with Crippen molar-refractivity contribution in [3.8, 4) is 0 Å². The first-order valence-electron chi connectivity index (χ1n) is 9.89. The van der Waals surface area contributed by atoms with Crippen LogP contribution < -0.4 is 5.32 Å². The van der Waals surface area contributed by atoms with Gasteiger partial charge in [-0.05, 0) is 44.3 Å². The fraction of sp³-hybridized carbons (Fsp3) is 0.619. The number of aryl methyl sites for hydroxylation is 1. The van der Waals surface area contributed by atoms with Gasteiger partial charge in [0, 0.05) is 32.6 Å². The van der Waals surface area contributed by atoms with Crippen LogP contribution in [-0.2, 0) is 16.1 Å². The lowest BCUT2D eigenvalue weighted by Gasteiger charge is -2.33. The third-order valence-corrected chi connectivity index (χ3v) is 5.67. The van der Waals surface area contributed by atoms with Crippen LogP contribution in [0.4, 0.5) is 0 Å². The summed E-state index contributed by atoms with van der Waals surface area (Å²) in [4.78, 5) is 29.0. The number of piperidine rings is 1. The van der Waals surface area contributed by atoms with Crippen LogP contribution in [0.1, 0.15) is 37.3 Å². The summed E-state index contributed by atoms with van der Waals surface area (Å²) < 4.78 is 0. The van der Waals surface area contributed by atoms with Crippen LogP contribution in [0.25, 0.3) is 0 Å². The maximum atomic E-state index is 12.8. The van der Waals surface area contributed by atoms with Crippen molar-refractivity contribution in [1.29, 1.82) is 0 Å². The van der Waals surface area contributed by atoms with Crippen LogP contribution in [0.2, 0.25) is 0 Å². The Morgan fingerprint density at radius 3 is 2.54 bits per heavy atom. The fourth-order valence-corrected chi connectivity index (χ4v) is 3.97. The molecule has 1 unspecified atom stereocenters. The molecule has 2 heterocycles. The number of benzene rings is 1. The van der Waals surface area contributed by atoms with Crippen LogP contribution in [0.15, 0.2) is 24.3 Å². The highest BCUT2D eigenvalue weighted by molar-refractivity contribution is 5.89. The molecule has 2 amide bonds. The lowest BCUT2D eigenvalue weighted by atomic mass is 9.95. The molecule has 5 nitrogen and oxygen atoms in total. The fourth-order valence-electron chi connectivity index (χ4n) is 3.97. The van der Waals surface area contributed by atoms with E-state index in [0.29, 0.717) is 25.4 Å². The molecule has 1 atom stereocenters. The molecule has 0 bridgehead atoms. The van der Waals surface area contributed by atoms with Crippen molar-refractivity contribution in [2.75, 3.05) is 32.7 Å². The predicted octanol–water partition coefficient (Wildman–Crippen LogP) is 2.19. The number of nitrogens with zero attached hydrogens (tertiary/aromatic N) is 2. The highest BCUT2D eigenvalue weighted by atomic mass is 16.2. The molecule has 2 aliphatic rings. The van der Waals surface area contributed by atoms with Gasteiger partial charge in [0.15, 0.2) is 0 Å². The van der Waals surface area contributed by atoms with Gasteiger partial charge in [0.2, 0.25) is 11.8 Å². The lowest BCUT2D eigenvalue weighted by molar-refractivity contribution is -0.137. The highest BCUT2D eigenvalue weighted by Gasteiger charge is 2.37. The third-order valence-electron chi connectivity index (χ3n) is 5.67. The third kappa shape index (κ3) is 4.64. The molecule has 142 valence electrons. The first-order chi connectivity index (χ1) is 12.6. The van der Waals surface area contributed by atoms with Crippen molar-refractivity contribution in [1.82, 2.24) is 15.1 Å². The van der Waals surface area contributed by atoms with E-state index in [4.69, 9.17) is 0 Å². The lowest BCUT2D eigenvalue weighted by Crippen LogP contribution is -2.44. The van der Waals surface area contributed by atoms with Crippen molar-refractivity contribution < 1.29 is 9.59 Å². The second kappa shape index (κ2) is 8.67. The molecule has 1 N–H and O–H groups in total. The summed E-state index contributed by atoms with van der Waals surface area (Å²) in [5, 5.41) is 3.40. The van der Waals surface area contributed by atoms with Gasteiger partial charge in [-0.1, -0.05) is 36.8 Å². The molecule has 26 heavy (non-hydrogen) atoms. The molecule has 0 radical (unpaired) electrons. The van der Waals surface area contributed by atoms with Crippen LogP contribution in [0, 0.1) is 18.8 Å². The summed E-state index contributed by atoms with van der Waals surface area (Å²) in [6, 6.07) is 8.26. The van der Waals surface area contributed by atoms with E-state index in [1.165, 1.54) is 5.56 Å². The van der Waals surface area contributed by atoms with E-state index >= 15 is 0 Å². The Labute approximate surface area is 156 Å². The van der Waals surface area contributed by atoms with Crippen LogP contribution in [0.3, 0.4) is 0 Å². The summed E-state index contributed by atoms with van der Waals surface area (Å²) in [6.45, 7) is 9.05. The van der Waals surface area contributed by atoms with Gasteiger partial charge in [0.1, 0.15) is 0 Å². The van der Waals surface area contributed by atoms with Crippen LogP contribution >= 0.6 is 0 Å². The second-order valence-corrected chi connectivity index (χ2v) is 7.74. The van der Waals surface area contributed by atoms with Crippen LogP contribution in [-0.4, -0.2) is 54.3 Å². The zero-order valence-electron chi connectivity index (χ0n) is 16.0. The SMILES string of the molecule is CCNCC1CCN(C(=O)C2CC(=O)N(Cc3ccc(C)cc3)C2)CC1. The van der Waals surface area contributed by atoms with Gasteiger partial charge in [0.05, 0.1) is 5.92 Å². The van der Waals surface area contributed by atoms with Crippen molar-refractivity contribution in [2.24, 2.45) is 11.8 Å². The van der Waals surface area contributed by atoms with Crippen LogP contribution in [0.5, 0.6) is 0 Å². The molecule has 0 saturated carbocycles. The Morgan fingerprint density at radius 1 is 1.19 bits per heavy atom.